The van der Waals surface area contributed by atoms with Crippen molar-refractivity contribution >= 4 is 11.9 Å². The summed E-state index contributed by atoms with van der Waals surface area (Å²) in [7, 11) is 0. The van der Waals surface area contributed by atoms with Crippen molar-refractivity contribution in [1.29, 1.82) is 0 Å². The van der Waals surface area contributed by atoms with E-state index in [0.29, 0.717) is 0 Å². The lowest BCUT2D eigenvalue weighted by Crippen LogP contribution is -2.09. The van der Waals surface area contributed by atoms with E-state index in [0.717, 1.165) is 0 Å². The fraction of sp³-hybridized carbons (Fsp3) is 0.111. The first kappa shape index (κ1) is 10.2. The van der Waals surface area contributed by atoms with Crippen molar-refractivity contribution in [3.63, 3.8) is 0 Å². The molecule has 0 bridgehead atoms. The number of hydrogen-bond acceptors (Lipinski definition) is 3. The van der Waals surface area contributed by atoms with Crippen LogP contribution in [-0.4, -0.2) is 23.7 Å². The van der Waals surface area contributed by atoms with E-state index in [1.807, 2.05) is 0 Å². The highest BCUT2D eigenvalue weighted by Crippen LogP contribution is 2.12. The second kappa shape index (κ2) is 4.36. The van der Waals surface area contributed by atoms with Crippen LogP contribution in [0.2, 0.25) is 0 Å². The molecule has 0 aliphatic heterocycles. The van der Waals surface area contributed by atoms with Gasteiger partial charge in [0.15, 0.2) is 6.67 Å². The predicted octanol–water partition coefficient (Wildman–Crippen LogP) is 1.26. The average Bonchev–Trinajstić information content (AvgIpc) is 2.18. The lowest BCUT2D eigenvalue weighted by Gasteiger charge is -2.01. The molecule has 0 spiro atoms. The average molecular weight is 198 g/mol. The summed E-state index contributed by atoms with van der Waals surface area (Å²) in [6.07, 6.45) is 0. The van der Waals surface area contributed by atoms with E-state index in [1.165, 1.54) is 24.3 Å². The summed E-state index contributed by atoms with van der Waals surface area (Å²) >= 11 is 0. The van der Waals surface area contributed by atoms with Gasteiger partial charge in [-0.1, -0.05) is 0 Å². The van der Waals surface area contributed by atoms with E-state index in [-0.39, 0.29) is 11.3 Å². The molecule has 1 N–H and O–H groups in total. The zero-order chi connectivity index (χ0) is 10.6. The van der Waals surface area contributed by atoms with Crippen molar-refractivity contribution in [3.8, 4) is 5.75 Å². The molecule has 0 saturated heterocycles. The number of rotatable bonds is 3. The van der Waals surface area contributed by atoms with Crippen molar-refractivity contribution in [2.24, 2.45) is 0 Å². The maximum absolute atomic E-state index is 11.7. The number of carbonyl (C=O) groups is 2. The Labute approximate surface area is 78.9 Å². The first-order valence-corrected chi connectivity index (χ1v) is 3.73. The molecule has 74 valence electrons. The van der Waals surface area contributed by atoms with Gasteiger partial charge in [-0.3, -0.25) is 0 Å². The maximum atomic E-state index is 11.7. The van der Waals surface area contributed by atoms with E-state index in [4.69, 9.17) is 5.11 Å². The second-order valence-corrected chi connectivity index (χ2v) is 2.44. The molecule has 1 aromatic carbocycles. The Kier molecular flexibility index (Phi) is 3.17. The van der Waals surface area contributed by atoms with Crippen LogP contribution in [0.25, 0.3) is 0 Å². The van der Waals surface area contributed by atoms with Crippen LogP contribution >= 0.6 is 0 Å². The van der Waals surface area contributed by atoms with Gasteiger partial charge in [-0.05, 0) is 24.3 Å². The molecule has 4 nitrogen and oxygen atoms in total. The Balaban J connectivity index is 2.73. The van der Waals surface area contributed by atoms with E-state index in [1.54, 1.807) is 0 Å². The number of esters is 1. The smallest absolute Gasteiger partial charge is 0.342 e. The summed E-state index contributed by atoms with van der Waals surface area (Å²) in [5, 5.41) is 8.54. The van der Waals surface area contributed by atoms with Crippen LogP contribution in [0.15, 0.2) is 24.3 Å². The fourth-order valence-electron chi connectivity index (χ4n) is 0.824. The Morgan fingerprint density at radius 2 is 1.86 bits per heavy atom. The van der Waals surface area contributed by atoms with Crippen LogP contribution < -0.4 is 4.74 Å². The number of halogens is 1. The zero-order valence-electron chi connectivity index (χ0n) is 7.07. The minimum Gasteiger partial charge on any atom is -0.478 e. The van der Waals surface area contributed by atoms with Crippen molar-refractivity contribution in [2.45, 2.75) is 0 Å². The number of ether oxygens (including phenoxy) is 1. The number of aromatic carboxylic acids is 1. The van der Waals surface area contributed by atoms with E-state index in [9.17, 15) is 14.0 Å². The van der Waals surface area contributed by atoms with Crippen LogP contribution in [0.4, 0.5) is 4.39 Å². The van der Waals surface area contributed by atoms with Crippen LogP contribution in [0, 0.1) is 0 Å². The highest BCUT2D eigenvalue weighted by molar-refractivity contribution is 5.87. The van der Waals surface area contributed by atoms with Gasteiger partial charge in [0, 0.05) is 0 Å². The molecule has 14 heavy (non-hydrogen) atoms. The number of carbonyl (C=O) groups excluding carboxylic acids is 1. The van der Waals surface area contributed by atoms with Crippen molar-refractivity contribution in [1.82, 2.24) is 0 Å². The molecular weight excluding hydrogens is 191 g/mol. The molecule has 0 saturated carbocycles. The molecule has 0 aliphatic carbocycles. The number of hydrogen-bond donors (Lipinski definition) is 1. The second-order valence-electron chi connectivity index (χ2n) is 2.44. The zero-order valence-corrected chi connectivity index (χ0v) is 7.07. The van der Waals surface area contributed by atoms with Crippen LogP contribution in [-0.2, 0) is 4.79 Å². The number of carboxylic acid groups (broad SMARTS) is 1. The van der Waals surface area contributed by atoms with Crippen LogP contribution in [0.5, 0.6) is 5.75 Å². The number of benzene rings is 1. The molecule has 5 heteroatoms. The first-order chi connectivity index (χ1) is 6.63. The van der Waals surface area contributed by atoms with Gasteiger partial charge < -0.3 is 9.84 Å². The highest BCUT2D eigenvalue weighted by Gasteiger charge is 2.05. The largest absolute Gasteiger partial charge is 0.478 e. The third-order valence-electron chi connectivity index (χ3n) is 1.44. The summed E-state index contributed by atoms with van der Waals surface area (Å²) in [6.45, 7) is -1.21. The highest BCUT2D eigenvalue weighted by atomic mass is 19.1. The van der Waals surface area contributed by atoms with Crippen LogP contribution in [0.3, 0.4) is 0 Å². The van der Waals surface area contributed by atoms with Gasteiger partial charge >= 0.3 is 11.9 Å². The predicted molar refractivity (Wildman–Crippen MR) is 45.0 cm³/mol. The summed E-state index contributed by atoms with van der Waals surface area (Å²) in [6, 6.07) is 5.11. The SMILES string of the molecule is O=C(CF)Oc1ccc(C(=O)O)cc1. The quantitative estimate of drug-likeness (QED) is 0.586. The van der Waals surface area contributed by atoms with Gasteiger partial charge in [0.1, 0.15) is 5.75 Å². The van der Waals surface area contributed by atoms with Crippen LogP contribution in [0.1, 0.15) is 10.4 Å². The fourth-order valence-corrected chi connectivity index (χ4v) is 0.824. The summed E-state index contributed by atoms with van der Waals surface area (Å²) in [4.78, 5) is 20.9. The van der Waals surface area contributed by atoms with Gasteiger partial charge in [-0.25, -0.2) is 14.0 Å². The molecule has 1 aromatic rings. The molecule has 0 fully saturated rings. The molecule has 0 aromatic heterocycles. The minimum absolute atomic E-state index is 0.0741. The van der Waals surface area contributed by atoms with Crippen molar-refractivity contribution in [2.75, 3.05) is 6.67 Å². The normalized spacial score (nSPS) is 9.50. The van der Waals surface area contributed by atoms with Gasteiger partial charge in [-0.2, -0.15) is 0 Å². The first-order valence-electron chi connectivity index (χ1n) is 3.73. The standard InChI is InChI=1S/C9H7FO4/c10-5-8(11)14-7-3-1-6(2-4-7)9(12)13/h1-4H,5H2,(H,12,13). The summed E-state index contributed by atoms with van der Waals surface area (Å²) in [5.41, 5.74) is 0.0741. The van der Waals surface area contributed by atoms with Crippen molar-refractivity contribution < 1.29 is 23.8 Å². The molecule has 0 radical (unpaired) electrons. The molecule has 0 aliphatic rings. The van der Waals surface area contributed by atoms with Gasteiger partial charge in [-0.15, -0.1) is 0 Å². The van der Waals surface area contributed by atoms with E-state index < -0.39 is 18.6 Å². The summed E-state index contributed by atoms with van der Waals surface area (Å²) in [5.74, 6) is -1.96. The molecule has 0 heterocycles. The maximum Gasteiger partial charge on any atom is 0.342 e. The molecular formula is C9H7FO4. The third-order valence-corrected chi connectivity index (χ3v) is 1.44. The molecule has 0 unspecified atom stereocenters. The Bertz CT molecular complexity index is 344. The summed E-state index contributed by atoms with van der Waals surface area (Å²) < 4.78 is 16.2. The third kappa shape index (κ3) is 2.55. The van der Waals surface area contributed by atoms with Gasteiger partial charge in [0.2, 0.25) is 0 Å². The lowest BCUT2D eigenvalue weighted by atomic mass is 10.2. The van der Waals surface area contributed by atoms with E-state index in [2.05, 4.69) is 4.74 Å². The Hall–Kier alpha value is -1.91. The van der Waals surface area contributed by atoms with Gasteiger partial charge in [0.05, 0.1) is 5.56 Å². The number of alkyl halides is 1. The monoisotopic (exact) mass is 198 g/mol. The molecule has 0 amide bonds. The van der Waals surface area contributed by atoms with Crippen molar-refractivity contribution in [3.05, 3.63) is 29.8 Å². The minimum atomic E-state index is -1.21. The Morgan fingerprint density at radius 3 is 2.29 bits per heavy atom. The molecule has 0 atom stereocenters. The lowest BCUT2D eigenvalue weighted by molar-refractivity contribution is -0.135. The topological polar surface area (TPSA) is 63.6 Å². The molecule has 1 rings (SSSR count). The number of carboxylic acids is 1. The van der Waals surface area contributed by atoms with E-state index >= 15 is 0 Å². The van der Waals surface area contributed by atoms with Gasteiger partial charge in [0.25, 0.3) is 0 Å². The Morgan fingerprint density at radius 1 is 1.29 bits per heavy atom.